The lowest BCUT2D eigenvalue weighted by molar-refractivity contribution is -0.132. The molecule has 3 aromatic rings. The number of thiazole rings is 1. The smallest absolute Gasteiger partial charge is 0.262 e. The molecule has 7 nitrogen and oxygen atoms in total. The number of carbonyl (C=O) groups is 2. The average molecular weight is 479 g/mol. The number of aromatic nitrogens is 1. The van der Waals surface area contributed by atoms with Crippen LogP contribution in [0.2, 0.25) is 0 Å². The van der Waals surface area contributed by atoms with Crippen LogP contribution < -0.4 is 15.0 Å². The van der Waals surface area contributed by atoms with E-state index in [1.54, 1.807) is 11.3 Å². The number of carbonyl (C=O) groups excluding carboxylic acids is 2. The Kier molecular flexibility index (Phi) is 6.67. The van der Waals surface area contributed by atoms with Crippen LogP contribution in [0.3, 0.4) is 0 Å². The van der Waals surface area contributed by atoms with Crippen molar-refractivity contribution in [1.82, 2.24) is 15.2 Å². The van der Waals surface area contributed by atoms with Crippen LogP contribution >= 0.6 is 11.3 Å². The molecule has 5 rings (SSSR count). The van der Waals surface area contributed by atoms with Crippen molar-refractivity contribution in [3.63, 3.8) is 0 Å². The number of rotatable bonds is 6. The van der Waals surface area contributed by atoms with Crippen molar-refractivity contribution in [3.05, 3.63) is 53.5 Å². The van der Waals surface area contributed by atoms with Gasteiger partial charge in [-0.3, -0.25) is 9.59 Å². The van der Waals surface area contributed by atoms with Gasteiger partial charge in [0.25, 0.3) is 5.91 Å². The largest absolute Gasteiger partial charge is 0.477 e. The van der Waals surface area contributed by atoms with Crippen molar-refractivity contribution in [1.29, 1.82) is 0 Å². The molecule has 1 fully saturated rings. The number of amides is 2. The van der Waals surface area contributed by atoms with Crippen molar-refractivity contribution in [2.75, 3.05) is 37.6 Å². The van der Waals surface area contributed by atoms with Crippen LogP contribution in [0.4, 0.5) is 5.69 Å². The van der Waals surface area contributed by atoms with Crippen molar-refractivity contribution in [2.24, 2.45) is 0 Å². The van der Waals surface area contributed by atoms with E-state index in [1.807, 2.05) is 59.2 Å². The second kappa shape index (κ2) is 10.0. The lowest BCUT2D eigenvalue weighted by atomic mass is 9.98. The SMILES string of the molecule is CCCNC(=O)[C@H]1CN(CC(=O)N2CCC[C@H](c3nc4ccccc4s3)C2)c2ccccc2O1. The fraction of sp³-hybridized carbons (Fsp3) is 0.423. The summed E-state index contributed by atoms with van der Waals surface area (Å²) in [7, 11) is 0. The molecule has 34 heavy (non-hydrogen) atoms. The minimum Gasteiger partial charge on any atom is -0.477 e. The third kappa shape index (κ3) is 4.73. The predicted octanol–water partition coefficient (Wildman–Crippen LogP) is 3.80. The van der Waals surface area contributed by atoms with E-state index in [4.69, 9.17) is 9.72 Å². The Morgan fingerprint density at radius 1 is 1.15 bits per heavy atom. The molecule has 178 valence electrons. The number of anilines is 1. The molecule has 2 aromatic carbocycles. The van der Waals surface area contributed by atoms with E-state index in [1.165, 1.54) is 4.70 Å². The van der Waals surface area contributed by atoms with Gasteiger partial charge >= 0.3 is 0 Å². The molecule has 2 aliphatic rings. The van der Waals surface area contributed by atoms with E-state index in [0.717, 1.165) is 42.0 Å². The van der Waals surface area contributed by atoms with Gasteiger partial charge in [-0.15, -0.1) is 11.3 Å². The first kappa shape index (κ1) is 22.7. The molecule has 0 aliphatic carbocycles. The fourth-order valence-corrected chi connectivity index (χ4v) is 5.78. The number of fused-ring (bicyclic) bond motifs is 2. The Morgan fingerprint density at radius 3 is 2.82 bits per heavy atom. The highest BCUT2D eigenvalue weighted by Gasteiger charge is 2.33. The van der Waals surface area contributed by atoms with Crippen LogP contribution in [0.1, 0.15) is 37.1 Å². The molecular formula is C26H30N4O3S. The number of piperidine rings is 1. The van der Waals surface area contributed by atoms with Gasteiger partial charge in [0.15, 0.2) is 6.10 Å². The summed E-state index contributed by atoms with van der Waals surface area (Å²) in [5, 5.41) is 4.03. The molecule has 8 heteroatoms. The number of nitrogens with one attached hydrogen (secondary N) is 1. The average Bonchev–Trinajstić information content (AvgIpc) is 3.32. The topological polar surface area (TPSA) is 74.8 Å². The Bertz CT molecular complexity index is 1150. The van der Waals surface area contributed by atoms with Gasteiger partial charge in [-0.25, -0.2) is 4.98 Å². The first-order chi connectivity index (χ1) is 16.6. The molecule has 1 saturated heterocycles. The molecule has 0 radical (unpaired) electrons. The van der Waals surface area contributed by atoms with Gasteiger partial charge < -0.3 is 19.9 Å². The first-order valence-electron chi connectivity index (χ1n) is 12.0. The number of likely N-dealkylation sites (tertiary alicyclic amines) is 1. The molecule has 0 spiro atoms. The van der Waals surface area contributed by atoms with Crippen LogP contribution in [-0.2, 0) is 9.59 Å². The summed E-state index contributed by atoms with van der Waals surface area (Å²) in [6.07, 6.45) is 2.24. The third-order valence-electron chi connectivity index (χ3n) is 6.46. The molecule has 1 aromatic heterocycles. The van der Waals surface area contributed by atoms with Crippen LogP contribution in [0, 0.1) is 0 Å². The van der Waals surface area contributed by atoms with E-state index in [0.29, 0.717) is 25.4 Å². The number of benzene rings is 2. The zero-order chi connectivity index (χ0) is 23.5. The summed E-state index contributed by atoms with van der Waals surface area (Å²) in [6, 6.07) is 15.8. The van der Waals surface area contributed by atoms with Gasteiger partial charge in [0, 0.05) is 25.6 Å². The fourth-order valence-electron chi connectivity index (χ4n) is 4.69. The molecule has 3 heterocycles. The number of hydrogen-bond donors (Lipinski definition) is 1. The lowest BCUT2D eigenvalue weighted by Crippen LogP contribution is -2.52. The van der Waals surface area contributed by atoms with E-state index < -0.39 is 6.10 Å². The monoisotopic (exact) mass is 478 g/mol. The minimum absolute atomic E-state index is 0.0789. The maximum absolute atomic E-state index is 13.4. The van der Waals surface area contributed by atoms with Crippen LogP contribution in [0.5, 0.6) is 5.75 Å². The molecule has 2 amide bonds. The van der Waals surface area contributed by atoms with Crippen LogP contribution in [-0.4, -0.2) is 60.5 Å². The number of hydrogen-bond acceptors (Lipinski definition) is 6. The summed E-state index contributed by atoms with van der Waals surface area (Å²) >= 11 is 1.73. The summed E-state index contributed by atoms with van der Waals surface area (Å²) in [4.78, 5) is 34.8. The maximum atomic E-state index is 13.4. The van der Waals surface area contributed by atoms with Crippen molar-refractivity contribution in [2.45, 2.75) is 38.2 Å². The minimum atomic E-state index is -0.633. The summed E-state index contributed by atoms with van der Waals surface area (Å²) in [5.41, 5.74) is 1.89. The van der Waals surface area contributed by atoms with Gasteiger partial charge in [0.2, 0.25) is 5.91 Å². The predicted molar refractivity (Wildman–Crippen MR) is 135 cm³/mol. The lowest BCUT2D eigenvalue weighted by Gasteiger charge is -2.38. The molecule has 0 unspecified atom stereocenters. The van der Waals surface area contributed by atoms with Gasteiger partial charge in [0.05, 0.1) is 34.0 Å². The molecule has 0 saturated carbocycles. The van der Waals surface area contributed by atoms with Gasteiger partial charge in [-0.1, -0.05) is 31.2 Å². The maximum Gasteiger partial charge on any atom is 0.262 e. The van der Waals surface area contributed by atoms with E-state index in [9.17, 15) is 9.59 Å². The van der Waals surface area contributed by atoms with Gasteiger partial charge in [-0.05, 0) is 43.5 Å². The summed E-state index contributed by atoms with van der Waals surface area (Å²) in [6.45, 7) is 4.65. The Labute approximate surface area is 203 Å². The summed E-state index contributed by atoms with van der Waals surface area (Å²) < 4.78 is 7.16. The first-order valence-corrected chi connectivity index (χ1v) is 12.9. The van der Waals surface area contributed by atoms with Crippen molar-refractivity contribution >= 4 is 39.1 Å². The van der Waals surface area contributed by atoms with Gasteiger partial charge in [-0.2, -0.15) is 0 Å². The molecule has 1 N–H and O–H groups in total. The molecule has 0 bridgehead atoms. The number of nitrogens with zero attached hydrogens (tertiary/aromatic N) is 3. The number of para-hydroxylation sites is 3. The zero-order valence-corrected chi connectivity index (χ0v) is 20.2. The van der Waals surface area contributed by atoms with E-state index >= 15 is 0 Å². The van der Waals surface area contributed by atoms with Crippen molar-refractivity contribution in [3.8, 4) is 5.75 Å². The Hall–Kier alpha value is -3.13. The normalized spacial score (nSPS) is 20.0. The highest BCUT2D eigenvalue weighted by molar-refractivity contribution is 7.18. The standard InChI is InChI=1S/C26H30N4O3S/c1-2-13-27-25(32)22-16-30(20-10-4-5-11-21(20)33-22)17-24(31)29-14-7-8-18(15-29)26-28-19-9-3-6-12-23(19)34-26/h3-6,9-12,18,22H,2,7-8,13-17H2,1H3,(H,27,32)/t18-,22+/m0/s1. The van der Waals surface area contributed by atoms with Crippen LogP contribution in [0.25, 0.3) is 10.2 Å². The molecule has 2 aliphatic heterocycles. The highest BCUT2D eigenvalue weighted by Crippen LogP contribution is 2.35. The van der Waals surface area contributed by atoms with E-state index in [-0.39, 0.29) is 24.3 Å². The van der Waals surface area contributed by atoms with Crippen molar-refractivity contribution < 1.29 is 14.3 Å². The number of ether oxygens (including phenoxy) is 1. The van der Waals surface area contributed by atoms with Crippen LogP contribution in [0.15, 0.2) is 48.5 Å². The Morgan fingerprint density at radius 2 is 1.97 bits per heavy atom. The highest BCUT2D eigenvalue weighted by atomic mass is 32.1. The third-order valence-corrected chi connectivity index (χ3v) is 7.66. The van der Waals surface area contributed by atoms with E-state index in [2.05, 4.69) is 11.4 Å². The summed E-state index contributed by atoms with van der Waals surface area (Å²) in [5.74, 6) is 0.849. The molecular weight excluding hydrogens is 448 g/mol. The van der Waals surface area contributed by atoms with Gasteiger partial charge in [0.1, 0.15) is 5.75 Å². The zero-order valence-electron chi connectivity index (χ0n) is 19.4. The second-order valence-corrected chi connectivity index (χ2v) is 10.0. The second-order valence-electron chi connectivity index (χ2n) is 8.94. The Balaban J connectivity index is 1.29. The molecule has 2 atom stereocenters. The quantitative estimate of drug-likeness (QED) is 0.583.